The molecule has 0 amide bonds. The molecule has 1 N–H and O–H groups in total. The van der Waals surface area contributed by atoms with E-state index in [4.69, 9.17) is 0 Å². The van der Waals surface area contributed by atoms with Gasteiger partial charge in [0, 0.05) is 24.4 Å². The zero-order chi connectivity index (χ0) is 19.2. The lowest BCUT2D eigenvalue weighted by molar-refractivity contribution is -0.385. The number of hydrogen-bond acceptors (Lipinski definition) is 7. The SMILES string of the molecule is O=[N+]([O-])c1ccc(S(=O)(=O)N/N=C/C=C/c2ccccc2[N+](=O)[O-])cc1. The Morgan fingerprint density at radius 2 is 1.62 bits per heavy atom. The van der Waals surface area contributed by atoms with Crippen LogP contribution in [0.15, 0.2) is 64.6 Å². The maximum atomic E-state index is 12.0. The Hall–Kier alpha value is -3.60. The van der Waals surface area contributed by atoms with Gasteiger partial charge in [0.2, 0.25) is 0 Å². The lowest BCUT2D eigenvalue weighted by Gasteiger charge is -2.02. The van der Waals surface area contributed by atoms with Gasteiger partial charge in [0.25, 0.3) is 21.4 Å². The van der Waals surface area contributed by atoms with Crippen molar-refractivity contribution in [2.24, 2.45) is 5.10 Å². The highest BCUT2D eigenvalue weighted by Gasteiger charge is 2.14. The number of allylic oxidation sites excluding steroid dienone is 1. The van der Waals surface area contributed by atoms with Gasteiger partial charge < -0.3 is 0 Å². The zero-order valence-corrected chi connectivity index (χ0v) is 13.9. The van der Waals surface area contributed by atoms with Crippen LogP contribution in [0.5, 0.6) is 0 Å². The molecule has 2 aromatic rings. The molecule has 134 valence electrons. The van der Waals surface area contributed by atoms with Crippen LogP contribution < -0.4 is 4.83 Å². The topological polar surface area (TPSA) is 145 Å². The lowest BCUT2D eigenvalue weighted by Crippen LogP contribution is -2.18. The number of nitro benzene ring substituents is 2. The summed E-state index contributed by atoms with van der Waals surface area (Å²) in [6.07, 6.45) is 3.85. The van der Waals surface area contributed by atoms with Crippen LogP contribution in [-0.4, -0.2) is 24.5 Å². The predicted octanol–water partition coefficient (Wildman–Crippen LogP) is 2.48. The minimum Gasteiger partial charge on any atom is -0.258 e. The summed E-state index contributed by atoms with van der Waals surface area (Å²) in [5, 5.41) is 24.9. The molecule has 0 spiro atoms. The van der Waals surface area contributed by atoms with Crippen molar-refractivity contribution in [2.45, 2.75) is 4.90 Å². The van der Waals surface area contributed by atoms with E-state index >= 15 is 0 Å². The van der Waals surface area contributed by atoms with E-state index in [2.05, 4.69) is 5.10 Å². The van der Waals surface area contributed by atoms with Gasteiger partial charge in [0.15, 0.2) is 0 Å². The molecule has 10 nitrogen and oxygen atoms in total. The molecule has 0 fully saturated rings. The maximum Gasteiger partial charge on any atom is 0.276 e. The number of rotatable bonds is 7. The fraction of sp³-hybridized carbons (Fsp3) is 0. The minimum absolute atomic E-state index is 0.0939. The number of para-hydroxylation sites is 1. The normalized spacial score (nSPS) is 11.7. The monoisotopic (exact) mass is 376 g/mol. The van der Waals surface area contributed by atoms with E-state index in [-0.39, 0.29) is 16.3 Å². The highest BCUT2D eigenvalue weighted by molar-refractivity contribution is 7.89. The Balaban J connectivity index is 2.05. The van der Waals surface area contributed by atoms with Crippen molar-refractivity contribution in [2.75, 3.05) is 0 Å². The first kappa shape index (κ1) is 18.7. The summed E-state index contributed by atoms with van der Waals surface area (Å²) in [7, 11) is -3.98. The molecule has 0 saturated heterocycles. The number of benzene rings is 2. The molecular weight excluding hydrogens is 364 g/mol. The van der Waals surface area contributed by atoms with Crippen LogP contribution in [0.3, 0.4) is 0 Å². The number of non-ortho nitro benzene ring substituents is 1. The van der Waals surface area contributed by atoms with Gasteiger partial charge in [-0.15, -0.1) is 0 Å². The fourth-order valence-electron chi connectivity index (χ4n) is 1.88. The summed E-state index contributed by atoms with van der Waals surface area (Å²) in [5.74, 6) is 0. The van der Waals surface area contributed by atoms with Crippen molar-refractivity contribution in [1.82, 2.24) is 4.83 Å². The second-order valence-electron chi connectivity index (χ2n) is 4.80. The predicted molar refractivity (Wildman–Crippen MR) is 94.0 cm³/mol. The first-order valence-corrected chi connectivity index (χ1v) is 8.49. The van der Waals surface area contributed by atoms with Crippen LogP contribution in [0.4, 0.5) is 11.4 Å². The highest BCUT2D eigenvalue weighted by Crippen LogP contribution is 2.18. The molecule has 2 aromatic carbocycles. The maximum absolute atomic E-state index is 12.0. The number of hydrogen-bond donors (Lipinski definition) is 1. The summed E-state index contributed by atoms with van der Waals surface area (Å²) in [6, 6.07) is 10.3. The quantitative estimate of drug-likeness (QED) is 0.446. The summed E-state index contributed by atoms with van der Waals surface area (Å²) >= 11 is 0. The van der Waals surface area contributed by atoms with Crippen molar-refractivity contribution < 1.29 is 18.3 Å². The third-order valence-corrected chi connectivity index (χ3v) is 4.34. The van der Waals surface area contributed by atoms with Gasteiger partial charge in [-0.3, -0.25) is 20.2 Å². The average molecular weight is 376 g/mol. The van der Waals surface area contributed by atoms with E-state index in [1.165, 1.54) is 30.4 Å². The smallest absolute Gasteiger partial charge is 0.258 e. The Morgan fingerprint density at radius 1 is 0.962 bits per heavy atom. The molecule has 26 heavy (non-hydrogen) atoms. The molecular formula is C15H12N4O6S. The van der Waals surface area contributed by atoms with Crippen molar-refractivity contribution in [3.63, 3.8) is 0 Å². The molecule has 2 rings (SSSR count). The van der Waals surface area contributed by atoms with E-state index in [1.54, 1.807) is 6.07 Å². The summed E-state index contributed by atoms with van der Waals surface area (Å²) in [6.45, 7) is 0. The van der Waals surface area contributed by atoms with E-state index in [0.717, 1.165) is 30.5 Å². The second-order valence-corrected chi connectivity index (χ2v) is 6.46. The first-order valence-electron chi connectivity index (χ1n) is 7.00. The Morgan fingerprint density at radius 3 is 2.23 bits per heavy atom. The number of hydrazone groups is 1. The molecule has 0 atom stereocenters. The average Bonchev–Trinajstić information content (AvgIpc) is 2.61. The highest BCUT2D eigenvalue weighted by atomic mass is 32.2. The fourth-order valence-corrected chi connectivity index (χ4v) is 2.68. The van der Waals surface area contributed by atoms with Gasteiger partial charge in [-0.1, -0.05) is 12.1 Å². The Labute approximate surface area is 147 Å². The lowest BCUT2D eigenvalue weighted by atomic mass is 10.2. The van der Waals surface area contributed by atoms with E-state index in [0.29, 0.717) is 5.56 Å². The van der Waals surface area contributed by atoms with Gasteiger partial charge in [0.1, 0.15) is 0 Å². The third-order valence-electron chi connectivity index (χ3n) is 3.10. The molecule has 0 radical (unpaired) electrons. The number of nitrogens with zero attached hydrogens (tertiary/aromatic N) is 3. The van der Waals surface area contributed by atoms with Gasteiger partial charge in [-0.2, -0.15) is 13.5 Å². The number of nitro groups is 2. The van der Waals surface area contributed by atoms with Gasteiger partial charge in [-0.25, -0.2) is 4.83 Å². The number of sulfonamides is 1. The Bertz CT molecular complexity index is 983. The molecule has 0 aliphatic rings. The first-order chi connectivity index (χ1) is 12.3. The molecule has 0 heterocycles. The molecule has 0 aliphatic heterocycles. The third kappa shape index (κ3) is 4.70. The second kappa shape index (κ2) is 7.98. The molecule has 0 bridgehead atoms. The number of nitrogens with one attached hydrogen (secondary N) is 1. The van der Waals surface area contributed by atoms with Gasteiger partial charge >= 0.3 is 0 Å². The van der Waals surface area contributed by atoms with E-state index < -0.39 is 19.9 Å². The van der Waals surface area contributed by atoms with E-state index in [9.17, 15) is 28.6 Å². The van der Waals surface area contributed by atoms with Crippen molar-refractivity contribution in [3.8, 4) is 0 Å². The van der Waals surface area contributed by atoms with Crippen LogP contribution in [0.1, 0.15) is 5.56 Å². The molecule has 11 heteroatoms. The minimum atomic E-state index is -3.98. The standard InChI is InChI=1S/C15H12N4O6S/c20-18(21)13-7-9-14(10-8-13)26(24,25)17-16-11-3-5-12-4-1-2-6-15(12)19(22)23/h1-11,17H/b5-3+,16-11+. The van der Waals surface area contributed by atoms with Crippen molar-refractivity contribution in [1.29, 1.82) is 0 Å². The molecule has 0 aromatic heterocycles. The van der Waals surface area contributed by atoms with Gasteiger partial charge in [0.05, 0.1) is 20.3 Å². The largest absolute Gasteiger partial charge is 0.276 e. The molecule has 0 aliphatic carbocycles. The summed E-state index contributed by atoms with van der Waals surface area (Å²) in [5.41, 5.74) is 0.00521. The van der Waals surface area contributed by atoms with Crippen LogP contribution in [-0.2, 0) is 10.0 Å². The van der Waals surface area contributed by atoms with Crippen LogP contribution in [0.25, 0.3) is 6.08 Å². The Kier molecular flexibility index (Phi) is 5.75. The van der Waals surface area contributed by atoms with Gasteiger partial charge in [-0.05, 0) is 30.4 Å². The summed E-state index contributed by atoms with van der Waals surface area (Å²) in [4.78, 5) is 22.0. The van der Waals surface area contributed by atoms with E-state index in [1.807, 2.05) is 4.83 Å². The van der Waals surface area contributed by atoms with Crippen LogP contribution in [0, 0.1) is 20.2 Å². The van der Waals surface area contributed by atoms with Crippen LogP contribution in [0.2, 0.25) is 0 Å². The van der Waals surface area contributed by atoms with Crippen molar-refractivity contribution in [3.05, 3.63) is 80.4 Å². The molecule has 0 unspecified atom stereocenters. The van der Waals surface area contributed by atoms with Crippen LogP contribution >= 0.6 is 0 Å². The molecule has 0 saturated carbocycles. The zero-order valence-electron chi connectivity index (χ0n) is 13.1. The summed E-state index contributed by atoms with van der Waals surface area (Å²) < 4.78 is 24.0. The van der Waals surface area contributed by atoms with Crippen molar-refractivity contribution >= 4 is 33.7 Å².